The van der Waals surface area contributed by atoms with Crippen molar-refractivity contribution in [2.24, 2.45) is 0 Å². The zero-order valence-corrected chi connectivity index (χ0v) is 18.4. The number of rotatable bonds is 7. The fourth-order valence-corrected chi connectivity index (χ4v) is 3.42. The topological polar surface area (TPSA) is 67.4 Å². The lowest BCUT2D eigenvalue weighted by Crippen LogP contribution is -2.30. The van der Waals surface area contributed by atoms with E-state index >= 15 is 0 Å². The van der Waals surface area contributed by atoms with Gasteiger partial charge >= 0.3 is 0 Å². The van der Waals surface area contributed by atoms with Crippen LogP contribution in [-0.4, -0.2) is 17.9 Å². The summed E-state index contributed by atoms with van der Waals surface area (Å²) < 4.78 is 5.77. The zero-order valence-electron chi connectivity index (χ0n) is 18.4. The van der Waals surface area contributed by atoms with Crippen molar-refractivity contribution < 1.29 is 14.3 Å². The van der Waals surface area contributed by atoms with E-state index in [1.54, 1.807) is 31.2 Å². The lowest BCUT2D eigenvalue weighted by atomic mass is 10.0. The fraction of sp³-hybridized carbons (Fsp3) is 0.231. The first-order chi connectivity index (χ1) is 14.8. The molecule has 0 aliphatic heterocycles. The molecule has 31 heavy (non-hydrogen) atoms. The summed E-state index contributed by atoms with van der Waals surface area (Å²) in [6.07, 6.45) is -0.683. The Hall–Kier alpha value is -3.60. The molecule has 0 saturated heterocycles. The first kappa shape index (κ1) is 22.1. The van der Waals surface area contributed by atoms with Crippen LogP contribution in [0.4, 0.5) is 5.69 Å². The molecular formula is C26H28N2O3. The third kappa shape index (κ3) is 5.95. The molecule has 0 aromatic heterocycles. The van der Waals surface area contributed by atoms with Crippen molar-refractivity contribution in [1.29, 1.82) is 0 Å². The predicted octanol–water partition coefficient (Wildman–Crippen LogP) is 4.95. The summed E-state index contributed by atoms with van der Waals surface area (Å²) in [6.45, 7) is 8.15. The maximum absolute atomic E-state index is 12.6. The number of anilines is 1. The third-order valence-corrected chi connectivity index (χ3v) is 5.02. The number of carbonyl (C=O) groups is 2. The summed E-state index contributed by atoms with van der Waals surface area (Å²) in [5.41, 5.74) is 5.58. The Labute approximate surface area is 183 Å². The lowest BCUT2D eigenvalue weighted by Gasteiger charge is -2.18. The van der Waals surface area contributed by atoms with Gasteiger partial charge in [-0.2, -0.15) is 0 Å². The summed E-state index contributed by atoms with van der Waals surface area (Å²) in [5.74, 6) is 0.144. The van der Waals surface area contributed by atoms with Gasteiger partial charge in [0.25, 0.3) is 11.8 Å². The number of amides is 2. The Bertz CT molecular complexity index is 1040. The van der Waals surface area contributed by atoms with Crippen molar-refractivity contribution in [1.82, 2.24) is 5.32 Å². The number of nitrogens with one attached hydrogen (secondary N) is 2. The van der Waals surface area contributed by atoms with Gasteiger partial charge in [-0.05, 0) is 68.7 Å². The van der Waals surface area contributed by atoms with Crippen LogP contribution in [0.5, 0.6) is 5.75 Å². The van der Waals surface area contributed by atoms with Gasteiger partial charge in [0.15, 0.2) is 6.10 Å². The van der Waals surface area contributed by atoms with Gasteiger partial charge in [0.05, 0.1) is 0 Å². The highest BCUT2D eigenvalue weighted by Crippen LogP contribution is 2.22. The largest absolute Gasteiger partial charge is 0.481 e. The Morgan fingerprint density at radius 2 is 1.52 bits per heavy atom. The smallest absolute Gasteiger partial charge is 0.265 e. The van der Waals surface area contributed by atoms with Gasteiger partial charge in [-0.1, -0.05) is 48.0 Å². The fourth-order valence-electron chi connectivity index (χ4n) is 3.42. The summed E-state index contributed by atoms with van der Waals surface area (Å²) in [6, 6.07) is 20.6. The number of carbonyl (C=O) groups excluding carboxylic acids is 2. The van der Waals surface area contributed by atoms with Crippen LogP contribution < -0.4 is 15.4 Å². The Balaban J connectivity index is 1.56. The molecule has 2 amide bonds. The van der Waals surface area contributed by atoms with Gasteiger partial charge in [-0.15, -0.1) is 0 Å². The molecule has 3 rings (SSSR count). The van der Waals surface area contributed by atoms with E-state index in [0.29, 0.717) is 17.9 Å². The molecule has 0 fully saturated rings. The van der Waals surface area contributed by atoms with Crippen molar-refractivity contribution in [3.05, 3.63) is 94.5 Å². The highest BCUT2D eigenvalue weighted by molar-refractivity contribution is 5.96. The molecule has 0 aliphatic rings. The van der Waals surface area contributed by atoms with Crippen LogP contribution in [0.15, 0.2) is 66.7 Å². The molecule has 5 nitrogen and oxygen atoms in total. The van der Waals surface area contributed by atoms with Crippen LogP contribution in [0.2, 0.25) is 0 Å². The number of hydrogen-bond acceptors (Lipinski definition) is 3. The van der Waals surface area contributed by atoms with Crippen molar-refractivity contribution in [2.45, 2.75) is 40.3 Å². The maximum atomic E-state index is 12.6. The summed E-state index contributed by atoms with van der Waals surface area (Å²) in [4.78, 5) is 24.9. The molecule has 3 aromatic rings. The van der Waals surface area contributed by atoms with E-state index < -0.39 is 6.10 Å². The van der Waals surface area contributed by atoms with Gasteiger partial charge in [0.2, 0.25) is 0 Å². The molecule has 3 aromatic carbocycles. The highest BCUT2D eigenvalue weighted by atomic mass is 16.5. The zero-order chi connectivity index (χ0) is 22.4. The molecule has 0 saturated carbocycles. The van der Waals surface area contributed by atoms with Crippen LogP contribution in [0, 0.1) is 20.8 Å². The summed E-state index contributed by atoms with van der Waals surface area (Å²) in [7, 11) is 0. The first-order valence-electron chi connectivity index (χ1n) is 10.3. The highest BCUT2D eigenvalue weighted by Gasteiger charge is 2.17. The van der Waals surface area contributed by atoms with Gasteiger partial charge < -0.3 is 15.4 Å². The van der Waals surface area contributed by atoms with Crippen molar-refractivity contribution in [2.75, 3.05) is 5.32 Å². The Kier molecular flexibility index (Phi) is 7.08. The first-order valence-corrected chi connectivity index (χ1v) is 10.3. The minimum absolute atomic E-state index is 0.161. The monoisotopic (exact) mass is 416 g/mol. The molecule has 160 valence electrons. The SMILES string of the molecule is Cc1cc(C)c(NC(=O)C(C)Oc2ccc(C(=O)NCc3ccccc3)cc2)c(C)c1. The van der Waals surface area contributed by atoms with E-state index in [9.17, 15) is 9.59 Å². The second-order valence-corrected chi connectivity index (χ2v) is 7.72. The van der Waals surface area contributed by atoms with E-state index in [1.165, 1.54) is 0 Å². The van der Waals surface area contributed by atoms with Crippen LogP contribution in [0.1, 0.15) is 39.5 Å². The normalized spacial score (nSPS) is 11.5. The van der Waals surface area contributed by atoms with E-state index in [0.717, 1.165) is 27.9 Å². The molecule has 2 N–H and O–H groups in total. The van der Waals surface area contributed by atoms with Crippen molar-refractivity contribution >= 4 is 17.5 Å². The molecule has 0 heterocycles. The molecule has 0 aliphatic carbocycles. The maximum Gasteiger partial charge on any atom is 0.265 e. The minimum atomic E-state index is -0.683. The number of benzene rings is 3. The number of aryl methyl sites for hydroxylation is 3. The standard InChI is InChI=1S/C26H28N2O3/c1-17-14-18(2)24(19(3)15-17)28-25(29)20(4)31-23-12-10-22(11-13-23)26(30)27-16-21-8-6-5-7-9-21/h5-15,20H,16H2,1-4H3,(H,27,30)(H,28,29). The van der Waals surface area contributed by atoms with E-state index in [-0.39, 0.29) is 11.8 Å². The Morgan fingerprint density at radius 1 is 0.903 bits per heavy atom. The number of hydrogen-bond donors (Lipinski definition) is 2. The average molecular weight is 417 g/mol. The summed E-state index contributed by atoms with van der Waals surface area (Å²) >= 11 is 0. The predicted molar refractivity (Wildman–Crippen MR) is 123 cm³/mol. The second-order valence-electron chi connectivity index (χ2n) is 7.72. The van der Waals surface area contributed by atoms with E-state index in [2.05, 4.69) is 10.6 Å². The molecule has 1 atom stereocenters. The van der Waals surface area contributed by atoms with Gasteiger partial charge in [-0.25, -0.2) is 0 Å². The molecule has 0 radical (unpaired) electrons. The number of ether oxygens (including phenoxy) is 1. The molecule has 0 spiro atoms. The van der Waals surface area contributed by atoms with Gasteiger partial charge in [0, 0.05) is 17.8 Å². The lowest BCUT2D eigenvalue weighted by molar-refractivity contribution is -0.122. The van der Waals surface area contributed by atoms with E-state index in [1.807, 2.05) is 63.2 Å². The van der Waals surface area contributed by atoms with Crippen LogP contribution in [-0.2, 0) is 11.3 Å². The summed E-state index contributed by atoms with van der Waals surface area (Å²) in [5, 5.41) is 5.85. The Morgan fingerprint density at radius 3 is 2.13 bits per heavy atom. The van der Waals surface area contributed by atoms with Crippen molar-refractivity contribution in [3.63, 3.8) is 0 Å². The second kappa shape index (κ2) is 9.94. The van der Waals surface area contributed by atoms with Crippen LogP contribution in [0.25, 0.3) is 0 Å². The molecule has 5 heteroatoms. The molecule has 1 unspecified atom stereocenters. The van der Waals surface area contributed by atoms with Gasteiger partial charge in [0.1, 0.15) is 5.75 Å². The van der Waals surface area contributed by atoms with E-state index in [4.69, 9.17) is 4.74 Å². The van der Waals surface area contributed by atoms with Crippen molar-refractivity contribution in [3.8, 4) is 5.75 Å². The molecular weight excluding hydrogens is 388 g/mol. The van der Waals surface area contributed by atoms with Gasteiger partial charge in [-0.3, -0.25) is 9.59 Å². The third-order valence-electron chi connectivity index (χ3n) is 5.02. The molecule has 0 bridgehead atoms. The van der Waals surface area contributed by atoms with Crippen LogP contribution >= 0.6 is 0 Å². The quantitative estimate of drug-likeness (QED) is 0.573. The minimum Gasteiger partial charge on any atom is -0.481 e. The average Bonchev–Trinajstić information content (AvgIpc) is 2.75. The van der Waals surface area contributed by atoms with Crippen LogP contribution in [0.3, 0.4) is 0 Å².